The maximum atomic E-state index is 12.4. The van der Waals surface area contributed by atoms with Crippen molar-refractivity contribution in [2.24, 2.45) is 5.92 Å². The summed E-state index contributed by atoms with van der Waals surface area (Å²) in [6.45, 7) is 0.367. The lowest BCUT2D eigenvalue weighted by Crippen LogP contribution is -2.28. The fraction of sp³-hybridized carbons (Fsp3) is 0.222. The van der Waals surface area contributed by atoms with E-state index in [-0.39, 0.29) is 24.2 Å². The third kappa shape index (κ3) is 3.59. The van der Waals surface area contributed by atoms with Crippen LogP contribution in [-0.4, -0.2) is 25.5 Å². The Kier molecular flexibility index (Phi) is 4.85. The van der Waals surface area contributed by atoms with E-state index in [1.807, 2.05) is 42.5 Å². The van der Waals surface area contributed by atoms with Gasteiger partial charge >= 0.3 is 0 Å². The van der Waals surface area contributed by atoms with Crippen molar-refractivity contribution in [3.8, 4) is 5.75 Å². The molecule has 24 heavy (non-hydrogen) atoms. The largest absolute Gasteiger partial charge is 0.497 e. The molecule has 1 aliphatic rings. The number of amides is 2. The van der Waals surface area contributed by atoms with Gasteiger partial charge in [0.15, 0.2) is 0 Å². The molecule has 6 heteroatoms. The number of ether oxygens (including phenoxy) is 1. The highest BCUT2D eigenvalue weighted by molar-refractivity contribution is 9.10. The van der Waals surface area contributed by atoms with E-state index in [0.717, 1.165) is 10.2 Å². The molecule has 2 aromatic rings. The van der Waals surface area contributed by atoms with Crippen LogP contribution >= 0.6 is 15.9 Å². The molecule has 5 nitrogen and oxygen atoms in total. The summed E-state index contributed by atoms with van der Waals surface area (Å²) in [7, 11) is 1.58. The van der Waals surface area contributed by atoms with E-state index in [9.17, 15) is 9.59 Å². The van der Waals surface area contributed by atoms with Crippen LogP contribution in [0.1, 0.15) is 6.42 Å². The topological polar surface area (TPSA) is 58.6 Å². The van der Waals surface area contributed by atoms with Crippen molar-refractivity contribution < 1.29 is 14.3 Å². The molecule has 1 fully saturated rings. The van der Waals surface area contributed by atoms with Gasteiger partial charge in [-0.1, -0.05) is 28.1 Å². The number of halogens is 1. The Balaban J connectivity index is 1.70. The fourth-order valence-electron chi connectivity index (χ4n) is 2.72. The fourth-order valence-corrected chi connectivity index (χ4v) is 3.12. The number of nitrogens with one attached hydrogen (secondary N) is 1. The first-order valence-corrected chi connectivity index (χ1v) is 8.37. The van der Waals surface area contributed by atoms with E-state index >= 15 is 0 Å². The molecular weight excluding hydrogens is 372 g/mol. The van der Waals surface area contributed by atoms with Crippen LogP contribution < -0.4 is 15.0 Å². The smallest absolute Gasteiger partial charge is 0.229 e. The van der Waals surface area contributed by atoms with Crippen LogP contribution in [0.3, 0.4) is 0 Å². The molecule has 1 atom stereocenters. The van der Waals surface area contributed by atoms with Gasteiger partial charge in [-0.25, -0.2) is 0 Å². The molecule has 1 heterocycles. The highest BCUT2D eigenvalue weighted by Crippen LogP contribution is 2.28. The van der Waals surface area contributed by atoms with Gasteiger partial charge in [-0.2, -0.15) is 0 Å². The number of methoxy groups -OCH3 is 1. The van der Waals surface area contributed by atoms with Crippen LogP contribution in [0.4, 0.5) is 11.4 Å². The predicted molar refractivity (Wildman–Crippen MR) is 96.2 cm³/mol. The second-order valence-electron chi connectivity index (χ2n) is 5.61. The molecule has 1 N–H and O–H groups in total. The van der Waals surface area contributed by atoms with E-state index in [0.29, 0.717) is 18.0 Å². The minimum absolute atomic E-state index is 0.0577. The van der Waals surface area contributed by atoms with Crippen molar-refractivity contribution >= 4 is 39.1 Å². The van der Waals surface area contributed by atoms with Crippen molar-refractivity contribution in [3.05, 3.63) is 53.0 Å². The monoisotopic (exact) mass is 388 g/mol. The zero-order chi connectivity index (χ0) is 17.1. The third-order valence-electron chi connectivity index (χ3n) is 3.95. The lowest BCUT2D eigenvalue weighted by atomic mass is 10.1. The molecule has 0 radical (unpaired) electrons. The number of hydrogen-bond acceptors (Lipinski definition) is 3. The second kappa shape index (κ2) is 7.05. The van der Waals surface area contributed by atoms with Crippen LogP contribution in [0.2, 0.25) is 0 Å². The van der Waals surface area contributed by atoms with Crippen LogP contribution in [-0.2, 0) is 9.59 Å². The van der Waals surface area contributed by atoms with Gasteiger partial charge < -0.3 is 15.0 Å². The predicted octanol–water partition coefficient (Wildman–Crippen LogP) is 3.45. The first kappa shape index (κ1) is 16.5. The lowest BCUT2D eigenvalue weighted by Gasteiger charge is -2.17. The quantitative estimate of drug-likeness (QED) is 0.872. The number of hydrogen-bond donors (Lipinski definition) is 1. The van der Waals surface area contributed by atoms with Crippen molar-refractivity contribution in [2.75, 3.05) is 23.9 Å². The second-order valence-corrected chi connectivity index (χ2v) is 6.52. The van der Waals surface area contributed by atoms with Gasteiger partial charge in [0.1, 0.15) is 5.75 Å². The lowest BCUT2D eigenvalue weighted by molar-refractivity contribution is -0.122. The standard InChI is InChI=1S/C18H17BrN2O3/c1-24-16-7-3-6-15(10-16)21-11-12(8-17(21)22)18(23)20-14-5-2-4-13(19)9-14/h2-7,9-10,12H,8,11H2,1H3,(H,20,23). The summed E-state index contributed by atoms with van der Waals surface area (Å²) < 4.78 is 6.08. The molecule has 0 aromatic heterocycles. The summed E-state index contributed by atoms with van der Waals surface area (Å²) >= 11 is 3.37. The van der Waals surface area contributed by atoms with Crippen LogP contribution in [0, 0.1) is 5.92 Å². The molecule has 0 spiro atoms. The first-order chi connectivity index (χ1) is 11.6. The molecule has 1 saturated heterocycles. The Hall–Kier alpha value is -2.34. The average molecular weight is 389 g/mol. The van der Waals surface area contributed by atoms with E-state index in [4.69, 9.17) is 4.74 Å². The molecule has 124 valence electrons. The number of carbonyl (C=O) groups excluding carboxylic acids is 2. The number of anilines is 2. The number of benzene rings is 2. The van der Waals surface area contributed by atoms with E-state index in [2.05, 4.69) is 21.2 Å². The van der Waals surface area contributed by atoms with Gasteiger partial charge in [-0.05, 0) is 30.3 Å². The van der Waals surface area contributed by atoms with E-state index in [1.54, 1.807) is 18.1 Å². The Morgan fingerprint density at radius 3 is 2.79 bits per heavy atom. The van der Waals surface area contributed by atoms with Gasteiger partial charge in [0.25, 0.3) is 0 Å². The minimum Gasteiger partial charge on any atom is -0.497 e. The normalized spacial score (nSPS) is 17.0. The van der Waals surface area contributed by atoms with Crippen LogP contribution in [0.25, 0.3) is 0 Å². The molecule has 2 aromatic carbocycles. The maximum absolute atomic E-state index is 12.4. The van der Waals surface area contributed by atoms with Gasteiger partial charge in [0.2, 0.25) is 11.8 Å². The zero-order valence-electron chi connectivity index (χ0n) is 13.2. The molecule has 0 aliphatic carbocycles. The average Bonchev–Trinajstić information content (AvgIpc) is 2.97. The highest BCUT2D eigenvalue weighted by atomic mass is 79.9. The number of carbonyl (C=O) groups is 2. The van der Waals surface area contributed by atoms with Crippen LogP contribution in [0.5, 0.6) is 5.75 Å². The molecule has 2 amide bonds. The summed E-state index contributed by atoms with van der Waals surface area (Å²) in [5.74, 6) is 0.106. The minimum atomic E-state index is -0.373. The molecule has 1 unspecified atom stereocenters. The summed E-state index contributed by atoms with van der Waals surface area (Å²) in [4.78, 5) is 26.4. The summed E-state index contributed by atoms with van der Waals surface area (Å²) in [5.41, 5.74) is 1.46. The molecule has 0 saturated carbocycles. The van der Waals surface area contributed by atoms with E-state index < -0.39 is 0 Å². The third-order valence-corrected chi connectivity index (χ3v) is 4.45. The number of nitrogens with zero attached hydrogens (tertiary/aromatic N) is 1. The Morgan fingerprint density at radius 1 is 1.25 bits per heavy atom. The van der Waals surface area contributed by atoms with Crippen molar-refractivity contribution in [1.29, 1.82) is 0 Å². The molecular formula is C18H17BrN2O3. The Bertz CT molecular complexity index is 778. The Morgan fingerprint density at radius 2 is 2.04 bits per heavy atom. The summed E-state index contributed by atoms with van der Waals surface area (Å²) in [6, 6.07) is 14.7. The molecule has 3 rings (SSSR count). The van der Waals surface area contributed by atoms with Gasteiger partial charge in [-0.15, -0.1) is 0 Å². The molecule has 0 bridgehead atoms. The molecule has 1 aliphatic heterocycles. The number of rotatable bonds is 4. The SMILES string of the molecule is COc1cccc(N2CC(C(=O)Nc3cccc(Br)c3)CC2=O)c1. The summed E-state index contributed by atoms with van der Waals surface area (Å²) in [5, 5.41) is 2.87. The maximum Gasteiger partial charge on any atom is 0.229 e. The highest BCUT2D eigenvalue weighted by Gasteiger charge is 2.35. The van der Waals surface area contributed by atoms with Crippen molar-refractivity contribution in [1.82, 2.24) is 0 Å². The van der Waals surface area contributed by atoms with E-state index in [1.165, 1.54) is 0 Å². The zero-order valence-corrected chi connectivity index (χ0v) is 14.7. The van der Waals surface area contributed by atoms with Crippen molar-refractivity contribution in [3.63, 3.8) is 0 Å². The Labute approximate surface area is 148 Å². The summed E-state index contributed by atoms with van der Waals surface area (Å²) in [6.07, 6.45) is 0.205. The van der Waals surface area contributed by atoms with Gasteiger partial charge in [-0.3, -0.25) is 9.59 Å². The van der Waals surface area contributed by atoms with Crippen LogP contribution in [0.15, 0.2) is 53.0 Å². The van der Waals surface area contributed by atoms with Crippen molar-refractivity contribution in [2.45, 2.75) is 6.42 Å². The first-order valence-electron chi connectivity index (χ1n) is 7.57. The van der Waals surface area contributed by atoms with Gasteiger partial charge in [0, 0.05) is 34.9 Å². The van der Waals surface area contributed by atoms with Gasteiger partial charge in [0.05, 0.1) is 13.0 Å².